The van der Waals surface area contributed by atoms with Crippen molar-refractivity contribution in [3.8, 4) is 22.8 Å². The number of aromatic nitrogens is 4. The third-order valence-corrected chi connectivity index (χ3v) is 9.41. The Kier molecular flexibility index (Phi) is 12.9. The van der Waals surface area contributed by atoms with Gasteiger partial charge in [-0.25, -0.2) is 18.7 Å². The van der Waals surface area contributed by atoms with Gasteiger partial charge in [-0.1, -0.05) is 30.3 Å². The molecule has 0 bridgehead atoms. The van der Waals surface area contributed by atoms with Crippen LogP contribution in [0.3, 0.4) is 0 Å². The number of halogens is 9. The van der Waals surface area contributed by atoms with Crippen molar-refractivity contribution < 1.29 is 39.9 Å². The molecule has 4 aromatic carbocycles. The number of nitrogens with zero attached hydrogens (tertiary/aromatic N) is 4. The van der Waals surface area contributed by atoms with Gasteiger partial charge >= 0.3 is 12.4 Å². The molecule has 302 valence electrons. The molecule has 4 heterocycles. The molecule has 0 radical (unpaired) electrons. The number of amides is 1. The lowest BCUT2D eigenvalue weighted by Crippen LogP contribution is -2.23. The van der Waals surface area contributed by atoms with Crippen LogP contribution in [0.1, 0.15) is 32.6 Å². The van der Waals surface area contributed by atoms with Crippen LogP contribution in [0.4, 0.5) is 35.1 Å². The van der Waals surface area contributed by atoms with E-state index in [1.807, 2.05) is 22.7 Å². The van der Waals surface area contributed by atoms with Gasteiger partial charge in [0.1, 0.15) is 23.3 Å². The number of nitrogens with two attached hydrogens (primary N) is 1. The molecule has 59 heavy (non-hydrogen) atoms. The number of imidazole rings is 2. The lowest BCUT2D eigenvalue weighted by atomic mass is 10.1. The average Bonchev–Trinajstić information content (AvgIpc) is 3.87. The highest BCUT2D eigenvalue weighted by molar-refractivity contribution is 9.10. The van der Waals surface area contributed by atoms with Crippen LogP contribution in [0.2, 0.25) is 0 Å². The topological polar surface area (TPSA) is 89.7 Å². The SMILES string of the molecule is Fc1ccc(-c2ncc3c(Br)cccn23)cc1.NCc1cccc(C(F)(F)F)c1.O=C(NCc1cccc(C(F)(F)F)c1)c1cccn2c(-c3ccc(F)cc3)ncc12. The van der Waals surface area contributed by atoms with Gasteiger partial charge in [0.2, 0.25) is 0 Å². The highest BCUT2D eigenvalue weighted by atomic mass is 79.9. The molecular formula is C43H31BrF8N6O. The number of alkyl halides is 6. The van der Waals surface area contributed by atoms with E-state index in [1.54, 1.807) is 59.3 Å². The van der Waals surface area contributed by atoms with Gasteiger partial charge in [-0.05, 0) is 118 Å². The third kappa shape index (κ3) is 10.4. The zero-order valence-corrected chi connectivity index (χ0v) is 32.0. The van der Waals surface area contributed by atoms with Crippen LogP contribution in [0, 0.1) is 11.6 Å². The molecule has 0 aliphatic heterocycles. The second-order valence-corrected chi connectivity index (χ2v) is 13.6. The van der Waals surface area contributed by atoms with E-state index in [1.165, 1.54) is 48.7 Å². The minimum atomic E-state index is -4.44. The van der Waals surface area contributed by atoms with Crippen molar-refractivity contribution in [1.29, 1.82) is 0 Å². The smallest absolute Gasteiger partial charge is 0.348 e. The van der Waals surface area contributed by atoms with Crippen LogP contribution < -0.4 is 11.1 Å². The molecule has 4 aromatic heterocycles. The van der Waals surface area contributed by atoms with E-state index in [0.717, 1.165) is 45.6 Å². The van der Waals surface area contributed by atoms with Gasteiger partial charge in [0.15, 0.2) is 0 Å². The summed E-state index contributed by atoms with van der Waals surface area (Å²) in [5.74, 6) is 0.299. The molecule has 8 rings (SSSR count). The number of hydrogen-bond donors (Lipinski definition) is 2. The number of carbonyl (C=O) groups excluding carboxylic acids is 1. The Hall–Kier alpha value is -6.39. The minimum absolute atomic E-state index is 0.0528. The molecular weight excluding hydrogens is 848 g/mol. The minimum Gasteiger partial charge on any atom is -0.348 e. The highest BCUT2D eigenvalue weighted by Crippen LogP contribution is 2.31. The predicted molar refractivity (Wildman–Crippen MR) is 211 cm³/mol. The standard InChI is InChI=1S/C22H15F4N3O.C13H8BrFN2.C8H8F3N/c23-17-8-6-15(7-9-17)20-27-13-19-18(5-2-10-29(19)20)21(30)28-12-14-3-1-4-16(11-14)22(24,25)26;14-11-2-1-7-17-12(11)8-16-13(17)9-3-5-10(15)6-4-9;9-8(10,11)7-3-1-2-6(4-7)5-12/h1-11,13H,12H2,(H,28,30);1-8H;1-4H,5,12H2. The summed E-state index contributed by atoms with van der Waals surface area (Å²) in [5.41, 5.74) is 8.02. The van der Waals surface area contributed by atoms with Crippen LogP contribution in [0.5, 0.6) is 0 Å². The summed E-state index contributed by atoms with van der Waals surface area (Å²) in [6, 6.07) is 29.1. The second-order valence-electron chi connectivity index (χ2n) is 12.7. The van der Waals surface area contributed by atoms with E-state index >= 15 is 0 Å². The lowest BCUT2D eigenvalue weighted by molar-refractivity contribution is -0.138. The molecule has 0 aliphatic carbocycles. The number of fused-ring (bicyclic) bond motifs is 2. The maximum absolute atomic E-state index is 13.2. The van der Waals surface area contributed by atoms with Crippen LogP contribution in [-0.2, 0) is 25.4 Å². The molecule has 0 aliphatic rings. The first-order valence-electron chi connectivity index (χ1n) is 17.5. The van der Waals surface area contributed by atoms with Gasteiger partial charge in [0.05, 0.1) is 40.1 Å². The molecule has 7 nitrogen and oxygen atoms in total. The maximum Gasteiger partial charge on any atom is 0.416 e. The van der Waals surface area contributed by atoms with Crippen molar-refractivity contribution in [2.45, 2.75) is 25.4 Å². The zero-order chi connectivity index (χ0) is 42.3. The lowest BCUT2D eigenvalue weighted by Gasteiger charge is -2.10. The Morgan fingerprint density at radius 3 is 1.63 bits per heavy atom. The largest absolute Gasteiger partial charge is 0.416 e. The molecule has 16 heteroatoms. The van der Waals surface area contributed by atoms with Gasteiger partial charge in [0, 0.05) is 41.1 Å². The quantitative estimate of drug-likeness (QED) is 0.163. The van der Waals surface area contributed by atoms with E-state index in [9.17, 15) is 39.9 Å². The fraction of sp³-hybridized carbons (Fsp3) is 0.0930. The molecule has 0 atom stereocenters. The summed E-state index contributed by atoms with van der Waals surface area (Å²) >= 11 is 3.47. The molecule has 0 saturated carbocycles. The first-order valence-corrected chi connectivity index (χ1v) is 18.3. The van der Waals surface area contributed by atoms with E-state index in [-0.39, 0.29) is 24.7 Å². The summed E-state index contributed by atoms with van der Waals surface area (Å²) in [7, 11) is 0. The van der Waals surface area contributed by atoms with Crippen LogP contribution in [0.15, 0.2) is 151 Å². The molecule has 0 spiro atoms. The number of carbonyl (C=O) groups is 1. The number of nitrogens with one attached hydrogen (secondary N) is 1. The first kappa shape index (κ1) is 42.2. The Morgan fingerprint density at radius 2 is 1.10 bits per heavy atom. The summed E-state index contributed by atoms with van der Waals surface area (Å²) in [6.45, 7) is 0.0761. The van der Waals surface area contributed by atoms with Crippen molar-refractivity contribution in [1.82, 2.24) is 24.1 Å². The Labute approximate surface area is 339 Å². The molecule has 8 aromatic rings. The normalized spacial score (nSPS) is 11.4. The van der Waals surface area contributed by atoms with Crippen molar-refractivity contribution in [3.63, 3.8) is 0 Å². The van der Waals surface area contributed by atoms with Crippen molar-refractivity contribution in [2.24, 2.45) is 5.73 Å². The van der Waals surface area contributed by atoms with E-state index < -0.39 is 29.4 Å². The molecule has 0 unspecified atom stereocenters. The van der Waals surface area contributed by atoms with Crippen LogP contribution in [-0.4, -0.2) is 24.7 Å². The highest BCUT2D eigenvalue weighted by Gasteiger charge is 2.31. The van der Waals surface area contributed by atoms with E-state index in [0.29, 0.717) is 33.6 Å². The number of hydrogen-bond acceptors (Lipinski definition) is 4. The average molecular weight is 880 g/mol. The summed E-state index contributed by atoms with van der Waals surface area (Å²) in [4.78, 5) is 21.4. The summed E-state index contributed by atoms with van der Waals surface area (Å²) < 4.78 is 105. The van der Waals surface area contributed by atoms with Crippen LogP contribution in [0.25, 0.3) is 33.8 Å². The number of pyridine rings is 2. The fourth-order valence-electron chi connectivity index (χ4n) is 5.84. The van der Waals surface area contributed by atoms with Gasteiger partial charge in [-0.15, -0.1) is 0 Å². The molecule has 0 fully saturated rings. The monoisotopic (exact) mass is 878 g/mol. The number of benzene rings is 4. The second kappa shape index (κ2) is 18.0. The van der Waals surface area contributed by atoms with Crippen molar-refractivity contribution in [2.75, 3.05) is 0 Å². The van der Waals surface area contributed by atoms with E-state index in [2.05, 4.69) is 31.2 Å². The van der Waals surface area contributed by atoms with E-state index in [4.69, 9.17) is 5.73 Å². The Bertz CT molecular complexity index is 2690. The van der Waals surface area contributed by atoms with Gasteiger partial charge in [-0.3, -0.25) is 13.6 Å². The number of rotatable bonds is 6. The molecule has 1 amide bonds. The fourth-order valence-corrected chi connectivity index (χ4v) is 6.28. The maximum atomic E-state index is 13.2. The Morgan fingerprint density at radius 1 is 0.627 bits per heavy atom. The van der Waals surface area contributed by atoms with Crippen molar-refractivity contribution >= 4 is 32.9 Å². The van der Waals surface area contributed by atoms with Gasteiger partial charge in [0.25, 0.3) is 5.91 Å². The van der Waals surface area contributed by atoms with Crippen molar-refractivity contribution in [3.05, 3.63) is 190 Å². The van der Waals surface area contributed by atoms with Gasteiger partial charge < -0.3 is 11.1 Å². The Balaban J connectivity index is 0.000000169. The zero-order valence-electron chi connectivity index (χ0n) is 30.4. The molecule has 0 saturated heterocycles. The van der Waals surface area contributed by atoms with Crippen LogP contribution >= 0.6 is 15.9 Å². The summed E-state index contributed by atoms with van der Waals surface area (Å²) in [5, 5.41) is 2.65. The van der Waals surface area contributed by atoms with Gasteiger partial charge in [-0.2, -0.15) is 26.3 Å². The molecule has 3 N–H and O–H groups in total. The third-order valence-electron chi connectivity index (χ3n) is 8.74. The summed E-state index contributed by atoms with van der Waals surface area (Å²) in [6.07, 6.45) is -1.73. The predicted octanol–water partition coefficient (Wildman–Crippen LogP) is 11.2. The first-order chi connectivity index (χ1) is 28.1.